The van der Waals surface area contributed by atoms with E-state index in [1.54, 1.807) is 18.2 Å². The number of anilines is 1. The molecule has 3 aromatic heterocycles. The fourth-order valence-electron chi connectivity index (χ4n) is 3.63. The Kier molecular flexibility index (Phi) is 4.56. The van der Waals surface area contributed by atoms with Gasteiger partial charge in [-0.3, -0.25) is 0 Å². The van der Waals surface area contributed by atoms with E-state index in [2.05, 4.69) is 25.4 Å². The van der Waals surface area contributed by atoms with E-state index >= 15 is 0 Å². The first-order chi connectivity index (χ1) is 14.9. The monoisotopic (exact) mass is 433 g/mol. The van der Waals surface area contributed by atoms with Gasteiger partial charge in [0.2, 0.25) is 11.7 Å². The van der Waals surface area contributed by atoms with Crippen LogP contribution in [0.3, 0.4) is 0 Å². The Bertz CT molecular complexity index is 1220. The molecule has 0 amide bonds. The van der Waals surface area contributed by atoms with E-state index in [4.69, 9.17) is 4.52 Å². The Labute approximate surface area is 172 Å². The standard InChI is InChI=1S/C19H15F4N7O/c20-13-5-3-11(4-6-13)16-24-17(31-28-16)12-2-1-9-29(10-12)15-8-7-14-25-26-18(19(21,22)23)30(14)27-15/h3-8,12H,1-2,9-10H2. The lowest BCUT2D eigenvalue weighted by atomic mass is 9.98. The number of piperidine rings is 1. The number of hydrogen-bond donors (Lipinski definition) is 0. The zero-order valence-electron chi connectivity index (χ0n) is 15.9. The van der Waals surface area contributed by atoms with Crippen molar-refractivity contribution in [3.05, 3.63) is 53.9 Å². The Morgan fingerprint density at radius 3 is 2.61 bits per heavy atom. The maximum atomic E-state index is 13.1. The highest BCUT2D eigenvalue weighted by Crippen LogP contribution is 2.31. The van der Waals surface area contributed by atoms with E-state index in [-0.39, 0.29) is 17.4 Å². The van der Waals surface area contributed by atoms with E-state index in [0.29, 0.717) is 40.7 Å². The van der Waals surface area contributed by atoms with Gasteiger partial charge in [-0.2, -0.15) is 22.7 Å². The Balaban J connectivity index is 1.39. The Morgan fingerprint density at radius 2 is 1.84 bits per heavy atom. The molecule has 0 aliphatic carbocycles. The molecule has 0 N–H and O–H groups in total. The van der Waals surface area contributed by atoms with Gasteiger partial charge in [-0.1, -0.05) is 5.16 Å². The first kappa shape index (κ1) is 19.4. The summed E-state index contributed by atoms with van der Waals surface area (Å²) in [6.45, 7) is 1.07. The average molecular weight is 433 g/mol. The summed E-state index contributed by atoms with van der Waals surface area (Å²) in [5.74, 6) is -0.492. The van der Waals surface area contributed by atoms with Gasteiger partial charge in [0.25, 0.3) is 5.82 Å². The van der Waals surface area contributed by atoms with Crippen LogP contribution in [0.2, 0.25) is 0 Å². The third kappa shape index (κ3) is 3.68. The van der Waals surface area contributed by atoms with E-state index < -0.39 is 12.0 Å². The number of halogens is 4. The van der Waals surface area contributed by atoms with Crippen LogP contribution in [0.1, 0.15) is 30.5 Å². The van der Waals surface area contributed by atoms with Crippen molar-refractivity contribution < 1.29 is 22.1 Å². The number of aromatic nitrogens is 6. The van der Waals surface area contributed by atoms with Crippen LogP contribution < -0.4 is 4.90 Å². The molecule has 1 unspecified atom stereocenters. The molecule has 0 radical (unpaired) electrons. The highest BCUT2D eigenvalue weighted by atomic mass is 19.4. The summed E-state index contributed by atoms with van der Waals surface area (Å²) in [6, 6.07) is 8.82. The summed E-state index contributed by atoms with van der Waals surface area (Å²) in [7, 11) is 0. The van der Waals surface area contributed by atoms with Gasteiger partial charge in [0.15, 0.2) is 5.65 Å². The van der Waals surface area contributed by atoms with Crippen molar-refractivity contribution in [3.63, 3.8) is 0 Å². The molecule has 160 valence electrons. The predicted molar refractivity (Wildman–Crippen MR) is 99.7 cm³/mol. The average Bonchev–Trinajstić information content (AvgIpc) is 3.41. The second-order valence-electron chi connectivity index (χ2n) is 7.23. The number of nitrogens with zero attached hydrogens (tertiary/aromatic N) is 7. The van der Waals surface area contributed by atoms with Crippen LogP contribution in [0.4, 0.5) is 23.4 Å². The van der Waals surface area contributed by atoms with Crippen molar-refractivity contribution in [1.29, 1.82) is 0 Å². The lowest BCUT2D eigenvalue weighted by molar-refractivity contribution is -0.146. The van der Waals surface area contributed by atoms with Crippen LogP contribution in [0.15, 0.2) is 40.9 Å². The van der Waals surface area contributed by atoms with Crippen LogP contribution in [-0.2, 0) is 6.18 Å². The largest absolute Gasteiger partial charge is 0.453 e. The third-order valence-corrected chi connectivity index (χ3v) is 5.14. The molecule has 4 heterocycles. The van der Waals surface area contributed by atoms with Crippen LogP contribution in [0.5, 0.6) is 0 Å². The van der Waals surface area contributed by atoms with Crippen LogP contribution in [-0.4, -0.2) is 43.0 Å². The second-order valence-corrected chi connectivity index (χ2v) is 7.23. The fraction of sp³-hybridized carbons (Fsp3) is 0.316. The first-order valence-corrected chi connectivity index (χ1v) is 9.52. The van der Waals surface area contributed by atoms with Gasteiger partial charge in [0, 0.05) is 18.7 Å². The molecule has 1 aliphatic rings. The normalized spacial score (nSPS) is 17.4. The molecular weight excluding hydrogens is 418 g/mol. The molecule has 1 aliphatic heterocycles. The van der Waals surface area contributed by atoms with Gasteiger partial charge in [-0.05, 0) is 49.2 Å². The van der Waals surface area contributed by atoms with E-state index in [1.807, 2.05) is 4.90 Å². The first-order valence-electron chi connectivity index (χ1n) is 9.52. The molecular formula is C19H15F4N7O. The quantitative estimate of drug-likeness (QED) is 0.455. The number of hydrogen-bond acceptors (Lipinski definition) is 7. The topological polar surface area (TPSA) is 85.2 Å². The molecule has 0 bridgehead atoms. The molecule has 12 heteroatoms. The molecule has 8 nitrogen and oxygen atoms in total. The second kappa shape index (κ2) is 7.29. The highest BCUT2D eigenvalue weighted by Gasteiger charge is 2.38. The number of fused-ring (bicyclic) bond motifs is 1. The minimum absolute atomic E-state index is 0.0190. The van der Waals surface area contributed by atoms with Gasteiger partial charge in [0.05, 0.1) is 5.92 Å². The van der Waals surface area contributed by atoms with Crippen molar-refractivity contribution in [1.82, 2.24) is 30.0 Å². The third-order valence-electron chi connectivity index (χ3n) is 5.14. The van der Waals surface area contributed by atoms with E-state index in [1.165, 1.54) is 18.2 Å². The SMILES string of the molecule is Fc1ccc(-c2noc(C3CCCN(c4ccc5nnc(C(F)(F)F)n5n4)C3)n2)cc1. The summed E-state index contributed by atoms with van der Waals surface area (Å²) >= 11 is 0. The molecule has 1 fully saturated rings. The highest BCUT2D eigenvalue weighted by molar-refractivity contribution is 5.54. The molecule has 31 heavy (non-hydrogen) atoms. The number of rotatable bonds is 3. The maximum absolute atomic E-state index is 13.1. The maximum Gasteiger partial charge on any atom is 0.453 e. The molecule has 5 rings (SSSR count). The fourth-order valence-corrected chi connectivity index (χ4v) is 3.63. The summed E-state index contributed by atoms with van der Waals surface area (Å²) in [6.07, 6.45) is -3.10. The molecule has 1 aromatic carbocycles. The van der Waals surface area contributed by atoms with Crippen molar-refractivity contribution in [2.75, 3.05) is 18.0 Å². The van der Waals surface area contributed by atoms with Crippen molar-refractivity contribution in [2.24, 2.45) is 0 Å². The summed E-state index contributed by atoms with van der Waals surface area (Å²) < 4.78 is 58.7. The van der Waals surface area contributed by atoms with Gasteiger partial charge in [0.1, 0.15) is 11.6 Å². The lowest BCUT2D eigenvalue weighted by Gasteiger charge is -2.31. The minimum Gasteiger partial charge on any atom is -0.354 e. The van der Waals surface area contributed by atoms with Crippen molar-refractivity contribution >= 4 is 11.5 Å². The van der Waals surface area contributed by atoms with E-state index in [9.17, 15) is 17.6 Å². The van der Waals surface area contributed by atoms with Crippen LogP contribution in [0.25, 0.3) is 17.0 Å². The Hall–Kier alpha value is -3.57. The summed E-state index contributed by atoms with van der Waals surface area (Å²) in [5, 5.41) is 14.8. The molecule has 1 saturated heterocycles. The number of alkyl halides is 3. The minimum atomic E-state index is -4.66. The zero-order chi connectivity index (χ0) is 21.6. The lowest BCUT2D eigenvalue weighted by Crippen LogP contribution is -2.35. The molecule has 1 atom stereocenters. The number of benzene rings is 1. The van der Waals surface area contributed by atoms with Crippen LogP contribution in [0, 0.1) is 5.82 Å². The molecule has 4 aromatic rings. The van der Waals surface area contributed by atoms with Gasteiger partial charge in [-0.15, -0.1) is 15.3 Å². The van der Waals surface area contributed by atoms with E-state index in [0.717, 1.165) is 12.8 Å². The van der Waals surface area contributed by atoms with Crippen LogP contribution >= 0.6 is 0 Å². The van der Waals surface area contributed by atoms with Crippen molar-refractivity contribution in [2.45, 2.75) is 24.9 Å². The van der Waals surface area contributed by atoms with Gasteiger partial charge < -0.3 is 9.42 Å². The molecule has 0 saturated carbocycles. The predicted octanol–water partition coefficient (Wildman–Crippen LogP) is 3.72. The zero-order valence-corrected chi connectivity index (χ0v) is 15.9. The van der Waals surface area contributed by atoms with Gasteiger partial charge in [-0.25, -0.2) is 4.39 Å². The van der Waals surface area contributed by atoms with Gasteiger partial charge >= 0.3 is 6.18 Å². The smallest absolute Gasteiger partial charge is 0.354 e. The summed E-state index contributed by atoms with van der Waals surface area (Å²) in [4.78, 5) is 6.30. The van der Waals surface area contributed by atoms with Crippen molar-refractivity contribution in [3.8, 4) is 11.4 Å². The molecule has 0 spiro atoms. The summed E-state index contributed by atoms with van der Waals surface area (Å²) in [5.41, 5.74) is 0.647. The Morgan fingerprint density at radius 1 is 1.03 bits per heavy atom.